The van der Waals surface area contributed by atoms with E-state index in [1.165, 1.54) is 30.7 Å². The summed E-state index contributed by atoms with van der Waals surface area (Å²) >= 11 is -4.74. The van der Waals surface area contributed by atoms with Crippen molar-refractivity contribution in [3.8, 4) is 22.6 Å². The highest BCUT2D eigenvalue weighted by molar-refractivity contribution is 8.15. The number of fused-ring (bicyclic) bond motifs is 2. The predicted octanol–water partition coefficient (Wildman–Crippen LogP) is -1.54. The van der Waals surface area contributed by atoms with Crippen LogP contribution in [0.1, 0.15) is 80.3 Å². The molecule has 0 aromatic heterocycles. The van der Waals surface area contributed by atoms with Crippen LogP contribution in [-0.2, 0) is 45.5 Å². The molecule has 9 rings (SSSR count). The van der Waals surface area contributed by atoms with Crippen LogP contribution in [-0.4, -0.2) is 273 Å². The van der Waals surface area contributed by atoms with Crippen molar-refractivity contribution in [1.82, 2.24) is 46.6 Å². The smallest absolute Gasteiger partial charge is 0.266 e. The highest BCUT2D eigenvalue weighted by Crippen LogP contribution is 2.43. The molecule has 1 aliphatic carbocycles. The summed E-state index contributed by atoms with van der Waals surface area (Å²) in [5.41, 5.74) is 3.61. The van der Waals surface area contributed by atoms with Crippen LogP contribution in [0.2, 0.25) is 0 Å². The van der Waals surface area contributed by atoms with E-state index in [4.69, 9.17) is 4.74 Å². The first-order valence-corrected chi connectivity index (χ1v) is 35.0. The number of benzene rings is 4. The number of phenolic OH excluding ortho intramolecular Hbond substituents is 1. The fourth-order valence-corrected chi connectivity index (χ4v) is 14.4. The molecule has 5 aliphatic rings. The molecule has 5 fully saturated rings. The lowest BCUT2D eigenvalue weighted by Crippen LogP contribution is -2.64. The fourth-order valence-electron chi connectivity index (χ4n) is 14.0. The van der Waals surface area contributed by atoms with E-state index in [2.05, 4.69) is 70.1 Å². The third kappa shape index (κ3) is 18.7. The van der Waals surface area contributed by atoms with Crippen LogP contribution in [0.4, 0.5) is 5.69 Å². The highest BCUT2D eigenvalue weighted by atomic mass is 32.3. The van der Waals surface area contributed by atoms with Crippen molar-refractivity contribution in [3.63, 3.8) is 0 Å². The number of methoxy groups -OCH3 is 1. The molecular weight excluding hydrogens is 1320 g/mol. The number of anilines is 1. The van der Waals surface area contributed by atoms with Crippen LogP contribution in [0, 0.1) is 5.92 Å². The molecule has 32 heteroatoms. The van der Waals surface area contributed by atoms with Crippen molar-refractivity contribution < 1.29 is 102 Å². The first-order valence-electron chi connectivity index (χ1n) is 33.6. The van der Waals surface area contributed by atoms with Crippen molar-refractivity contribution >= 4 is 58.2 Å². The molecule has 0 bridgehead atoms. The van der Waals surface area contributed by atoms with Crippen molar-refractivity contribution in [3.05, 3.63) is 114 Å². The number of hydrogen-bond donors (Lipinski definition) is 18. The van der Waals surface area contributed by atoms with Crippen molar-refractivity contribution in [2.45, 2.75) is 156 Å². The number of aliphatic hydroxyl groups excluding tert-OH is 8. The molecule has 4 saturated heterocycles. The van der Waals surface area contributed by atoms with Crippen LogP contribution >= 0.6 is 11.2 Å². The van der Waals surface area contributed by atoms with Crippen molar-refractivity contribution in [2.75, 3.05) is 77.6 Å². The monoisotopic (exact) mass is 1420 g/mol. The molecule has 31 nitrogen and oxygen atoms in total. The Morgan fingerprint density at radius 2 is 1.33 bits per heavy atom. The molecule has 0 spiro atoms. The van der Waals surface area contributed by atoms with Gasteiger partial charge in [-0.3, -0.25) is 52.1 Å². The topological polar surface area (TPSA) is 466 Å². The Balaban J connectivity index is 0.948. The molecular formula is C68H94N10O21S. The zero-order chi connectivity index (χ0) is 72.3. The van der Waals surface area contributed by atoms with Crippen LogP contribution in [0.5, 0.6) is 11.5 Å². The number of hydrogen-bond acceptors (Lipinski definition) is 24. The summed E-state index contributed by atoms with van der Waals surface area (Å²) in [5.74, 6) is -10.4. The minimum absolute atomic E-state index is 0.0544. The van der Waals surface area contributed by atoms with E-state index in [9.17, 15) is 93.2 Å². The minimum atomic E-state index is -4.74. The Hall–Kier alpha value is -7.64. The lowest BCUT2D eigenvalue weighted by molar-refractivity contribution is -0.147. The van der Waals surface area contributed by atoms with Gasteiger partial charge in [0, 0.05) is 95.4 Å². The SMILES string of the molecule is COC1(c2ccccc2)CCC(N2CCN(c3ccc(-c4ccc(C(=O)NC5C[C@@H](O)CNC(=O)[C@@H]6[C@@H](O)[C@@H](C)CN6C(=O)[C@H]([C@H](O)CCNC(CO)CO)NC(=O)[C@H]([C@H](O)Cc6ccc(O)c(OS(O)(O)O)c6)NC(=O)[C@@H]6C[C@@H](O)CN6C(=O)[C@H]([C@@H](C)O)NC5=O)cc4)cc3)CC2)CC1. The molecule has 548 valence electrons. The number of aromatic hydroxyl groups is 1. The summed E-state index contributed by atoms with van der Waals surface area (Å²) in [7, 11) is 1.80. The van der Waals surface area contributed by atoms with Gasteiger partial charge in [0.2, 0.25) is 35.4 Å². The molecule has 13 atom stereocenters. The van der Waals surface area contributed by atoms with E-state index >= 15 is 0 Å². The largest absolute Gasteiger partial charge is 0.504 e. The predicted molar refractivity (Wildman–Crippen MR) is 363 cm³/mol. The van der Waals surface area contributed by atoms with E-state index in [1.807, 2.05) is 30.3 Å². The molecule has 4 aromatic rings. The normalized spacial score (nSPS) is 28.4. The summed E-state index contributed by atoms with van der Waals surface area (Å²) in [4.78, 5) is 109. The number of aliphatic hydroxyl groups is 8. The van der Waals surface area contributed by atoms with Gasteiger partial charge in [0.25, 0.3) is 17.1 Å². The number of carbonyl (C=O) groups is 7. The minimum Gasteiger partial charge on any atom is -0.504 e. The van der Waals surface area contributed by atoms with Gasteiger partial charge in [-0.15, -0.1) is 0 Å². The molecule has 7 amide bonds. The summed E-state index contributed by atoms with van der Waals surface area (Å²) in [6.07, 6.45) is -8.98. The maximum Gasteiger partial charge on any atom is 0.266 e. The van der Waals surface area contributed by atoms with E-state index in [0.717, 1.165) is 97.5 Å². The summed E-state index contributed by atoms with van der Waals surface area (Å²) in [6.45, 7) is 3.14. The van der Waals surface area contributed by atoms with Gasteiger partial charge in [0.15, 0.2) is 11.5 Å². The number of ether oxygens (including phenoxy) is 1. The molecule has 4 aromatic carbocycles. The third-order valence-electron chi connectivity index (χ3n) is 19.7. The van der Waals surface area contributed by atoms with E-state index < -0.39 is 201 Å². The van der Waals surface area contributed by atoms with Gasteiger partial charge in [0.05, 0.1) is 61.5 Å². The molecule has 1 unspecified atom stereocenters. The first-order chi connectivity index (χ1) is 47.6. The van der Waals surface area contributed by atoms with E-state index in [1.54, 1.807) is 19.2 Å². The van der Waals surface area contributed by atoms with Gasteiger partial charge < -0.3 is 101 Å². The van der Waals surface area contributed by atoms with Crippen molar-refractivity contribution in [2.24, 2.45) is 5.92 Å². The van der Waals surface area contributed by atoms with Crippen LogP contribution < -0.4 is 41.0 Å². The average Bonchev–Trinajstić information content (AvgIpc) is 1.77. The molecule has 0 radical (unpaired) electrons. The van der Waals surface area contributed by atoms with E-state index in [-0.39, 0.29) is 29.8 Å². The zero-order valence-corrected chi connectivity index (χ0v) is 56.7. The Bertz CT molecular complexity index is 3450. The molecule has 4 heterocycles. The van der Waals surface area contributed by atoms with Gasteiger partial charge in [-0.2, -0.15) is 0 Å². The zero-order valence-electron chi connectivity index (χ0n) is 55.9. The number of piperazine rings is 1. The second-order valence-electron chi connectivity index (χ2n) is 26.6. The number of carbonyl (C=O) groups excluding carboxylic acids is 7. The molecule has 4 aliphatic heterocycles. The fraction of sp³-hybridized carbons (Fsp3) is 0.544. The summed E-state index contributed by atoms with van der Waals surface area (Å²) in [6, 6.07) is 16.0. The Kier molecular flexibility index (Phi) is 25.9. The highest BCUT2D eigenvalue weighted by Gasteiger charge is 2.50. The quantitative estimate of drug-likeness (QED) is 0.0477. The second-order valence-corrected chi connectivity index (χ2v) is 27.7. The standard InChI is InChI=1S/C68H94N10O21S/c1-38-34-78-59(60(38)87)65(92)70-33-48(82)31-50(71-61(88)43-12-10-41(11-13-43)42-14-16-46(17-15-42)75-25-27-76(28-26-75)47-19-22-68(98-3,23-20-47)44-7-5-4-6-8-44)62(89)72-56(39(2)81)66(93)77-35-49(83)32-51(77)63(90)73-57(54(86)29-40-9-18-52(84)55(30-40)99-100(95,96)97)64(91)74-58(67(78)94)53(85)21-24-69-45(36-79)37-80/h4-18,30,38-39,45,47-51,53-54,56-60,69,79-87,95-97H,19-29,31-37H2,1-3H3,(H,70,92)(H,71,88)(H,72,89)(H,73,90)(H,74,91)/t38-,39+,47?,48+,49+,50?,51-,53+,54+,56-,57-,58-,59-,60-,68?/m0/s1. The van der Waals surface area contributed by atoms with Gasteiger partial charge in [-0.25, -0.2) is 0 Å². The van der Waals surface area contributed by atoms with Gasteiger partial charge in [-0.05, 0) is 104 Å². The number of nitrogens with zero attached hydrogens (tertiary/aromatic N) is 4. The van der Waals surface area contributed by atoms with Crippen LogP contribution in [0.3, 0.4) is 0 Å². The molecule has 100 heavy (non-hydrogen) atoms. The summed E-state index contributed by atoms with van der Waals surface area (Å²) < 4.78 is 39.6. The van der Waals surface area contributed by atoms with Gasteiger partial charge in [0.1, 0.15) is 36.3 Å². The van der Waals surface area contributed by atoms with Gasteiger partial charge in [-0.1, -0.05) is 67.6 Å². The number of rotatable bonds is 20. The second kappa shape index (κ2) is 33.9. The number of amides is 7. The third-order valence-corrected chi connectivity index (χ3v) is 20.1. The van der Waals surface area contributed by atoms with E-state index in [0.29, 0.717) is 6.04 Å². The summed E-state index contributed by atoms with van der Waals surface area (Å²) in [5, 5.41) is 114. The maximum atomic E-state index is 15.0. The number of phenols is 1. The Labute approximate surface area is 580 Å². The first kappa shape index (κ1) is 76.5. The lowest BCUT2D eigenvalue weighted by atomic mass is 9.77. The molecule has 18 N–H and O–H groups in total. The number of β-amino-alcohol motifs (C(OH)–C–C–N with tert-alkyl or cyclic N) is 1. The molecule has 1 saturated carbocycles. The van der Waals surface area contributed by atoms with Crippen LogP contribution in [0.15, 0.2) is 97.1 Å². The number of nitrogens with one attached hydrogen (secondary N) is 6. The lowest BCUT2D eigenvalue weighted by Gasteiger charge is -2.46. The Morgan fingerprint density at radius 3 is 1.95 bits per heavy atom. The average molecular weight is 1420 g/mol. The van der Waals surface area contributed by atoms with Crippen LogP contribution in [0.25, 0.3) is 11.1 Å². The maximum absolute atomic E-state index is 15.0. The van der Waals surface area contributed by atoms with Gasteiger partial charge >= 0.3 is 0 Å². The Morgan fingerprint density at radius 1 is 0.710 bits per heavy atom. The van der Waals surface area contributed by atoms with Crippen molar-refractivity contribution in [1.29, 1.82) is 0 Å².